The van der Waals surface area contributed by atoms with Gasteiger partial charge < -0.3 is 15.1 Å². The highest BCUT2D eigenvalue weighted by Crippen LogP contribution is 2.08. The summed E-state index contributed by atoms with van der Waals surface area (Å²) in [7, 11) is 0. The molecule has 0 saturated carbocycles. The molecule has 1 heterocycles. The van der Waals surface area contributed by atoms with Crippen molar-refractivity contribution in [2.24, 2.45) is 0 Å². The molecule has 6 nitrogen and oxygen atoms in total. The first-order chi connectivity index (χ1) is 7.47. The molecule has 6 heteroatoms. The molecule has 1 saturated heterocycles. The van der Waals surface area contributed by atoms with Crippen LogP contribution in [0.1, 0.15) is 12.8 Å². The fraction of sp³-hybridized carbons (Fsp3) is 0.300. The van der Waals surface area contributed by atoms with E-state index < -0.39 is 11.9 Å². The number of carboxylic acid groups (broad SMARTS) is 2. The first-order valence-corrected chi connectivity index (χ1v) is 4.53. The van der Waals surface area contributed by atoms with E-state index in [0.29, 0.717) is 18.6 Å². The molecule has 0 aromatic rings. The maximum absolute atomic E-state index is 10.7. The molecule has 0 aliphatic carbocycles. The second kappa shape index (κ2) is 7.22. The van der Waals surface area contributed by atoms with Crippen LogP contribution in [0.15, 0.2) is 24.9 Å². The highest BCUT2D eigenvalue weighted by Gasteiger charge is 2.15. The maximum Gasteiger partial charge on any atom is 0.328 e. The average Bonchev–Trinajstić information content (AvgIpc) is 2.61. The Hall–Kier alpha value is -2.11. The number of hydrogen-bond acceptors (Lipinski definition) is 3. The van der Waals surface area contributed by atoms with Gasteiger partial charge in [0.15, 0.2) is 0 Å². The van der Waals surface area contributed by atoms with Crippen LogP contribution in [0.5, 0.6) is 0 Å². The highest BCUT2D eigenvalue weighted by atomic mass is 16.4. The van der Waals surface area contributed by atoms with Crippen LogP contribution >= 0.6 is 0 Å². The topological polar surface area (TPSA) is 94.9 Å². The zero-order valence-corrected chi connectivity index (χ0v) is 8.63. The van der Waals surface area contributed by atoms with Gasteiger partial charge in [0.2, 0.25) is 5.91 Å². The normalized spacial score (nSPS) is 14.5. The molecule has 0 bridgehead atoms. The predicted molar refractivity (Wildman–Crippen MR) is 55.6 cm³/mol. The third kappa shape index (κ3) is 6.36. The lowest BCUT2D eigenvalue weighted by molar-refractivity contribution is -0.134. The Balaban J connectivity index is 0.000000281. The number of hydrogen-bond donors (Lipinski definition) is 2. The van der Waals surface area contributed by atoms with E-state index in [9.17, 15) is 14.4 Å². The minimum Gasteiger partial charge on any atom is -0.478 e. The lowest BCUT2D eigenvalue weighted by atomic mass is 10.4. The van der Waals surface area contributed by atoms with E-state index in [1.165, 1.54) is 0 Å². The van der Waals surface area contributed by atoms with Crippen molar-refractivity contribution in [2.75, 3.05) is 6.54 Å². The Morgan fingerprint density at radius 2 is 1.75 bits per heavy atom. The number of rotatable bonds is 3. The maximum atomic E-state index is 10.7. The number of carbonyl (C=O) groups excluding carboxylic acids is 1. The van der Waals surface area contributed by atoms with Gasteiger partial charge in [0.05, 0.1) is 0 Å². The predicted octanol–water partition coefficient (Wildman–Crippen LogP) is 0.464. The van der Waals surface area contributed by atoms with Gasteiger partial charge in [0.25, 0.3) is 0 Å². The molecule has 0 radical (unpaired) electrons. The molecule has 16 heavy (non-hydrogen) atoms. The molecule has 1 aliphatic rings. The van der Waals surface area contributed by atoms with Gasteiger partial charge in [-0.05, 0) is 12.6 Å². The van der Waals surface area contributed by atoms with Crippen LogP contribution in [-0.2, 0) is 14.4 Å². The zero-order valence-electron chi connectivity index (χ0n) is 8.63. The average molecular weight is 227 g/mol. The summed E-state index contributed by atoms with van der Waals surface area (Å²) in [4.78, 5) is 31.4. The lowest BCUT2D eigenvalue weighted by Gasteiger charge is -2.05. The molecule has 2 N–H and O–H groups in total. The summed E-state index contributed by atoms with van der Waals surface area (Å²) in [5.74, 6) is -2.31. The summed E-state index contributed by atoms with van der Waals surface area (Å²) in [5, 5.41) is 15.6. The quantitative estimate of drug-likeness (QED) is 0.683. The number of nitrogens with zero attached hydrogens (tertiary/aromatic N) is 1. The number of carboxylic acids is 2. The second-order valence-electron chi connectivity index (χ2n) is 2.88. The van der Waals surface area contributed by atoms with Crippen LogP contribution in [0.3, 0.4) is 0 Å². The Morgan fingerprint density at radius 1 is 1.25 bits per heavy atom. The van der Waals surface area contributed by atoms with Crippen molar-refractivity contribution in [3.8, 4) is 0 Å². The van der Waals surface area contributed by atoms with Crippen LogP contribution in [0.4, 0.5) is 0 Å². The number of likely N-dealkylation sites (tertiary alicyclic amines) is 1. The van der Waals surface area contributed by atoms with E-state index in [1.807, 2.05) is 0 Å². The van der Waals surface area contributed by atoms with E-state index in [0.717, 1.165) is 13.0 Å². The summed E-state index contributed by atoms with van der Waals surface area (Å²) >= 11 is 0. The summed E-state index contributed by atoms with van der Waals surface area (Å²) < 4.78 is 0. The highest BCUT2D eigenvalue weighted by molar-refractivity contribution is 5.89. The summed E-state index contributed by atoms with van der Waals surface area (Å²) in [5.41, 5.74) is 0. The van der Waals surface area contributed by atoms with E-state index in [1.54, 1.807) is 11.1 Å². The van der Waals surface area contributed by atoms with Gasteiger partial charge in [-0.3, -0.25) is 4.79 Å². The molecular formula is C10H13NO5. The Morgan fingerprint density at radius 3 is 1.94 bits per heavy atom. The van der Waals surface area contributed by atoms with Gasteiger partial charge in [0.1, 0.15) is 0 Å². The van der Waals surface area contributed by atoms with E-state index >= 15 is 0 Å². The number of aliphatic carboxylic acids is 2. The van der Waals surface area contributed by atoms with E-state index in [4.69, 9.17) is 10.2 Å². The van der Waals surface area contributed by atoms with Crippen LogP contribution in [0.25, 0.3) is 0 Å². The summed E-state index contributed by atoms with van der Waals surface area (Å²) in [6.07, 6.45) is 4.40. The molecule has 1 aliphatic heterocycles. The Kier molecular flexibility index (Phi) is 6.27. The molecule has 0 aromatic carbocycles. The molecule has 1 rings (SSSR count). The lowest BCUT2D eigenvalue weighted by Crippen LogP contribution is -2.16. The molecule has 1 fully saturated rings. The van der Waals surface area contributed by atoms with E-state index in [2.05, 4.69) is 6.58 Å². The fourth-order valence-corrected chi connectivity index (χ4v) is 1.00. The van der Waals surface area contributed by atoms with E-state index in [-0.39, 0.29) is 5.91 Å². The summed E-state index contributed by atoms with van der Waals surface area (Å²) in [6.45, 7) is 4.36. The van der Waals surface area contributed by atoms with Gasteiger partial charge in [-0.25, -0.2) is 9.59 Å². The molecule has 88 valence electrons. The molecule has 0 aromatic heterocycles. The third-order valence-electron chi connectivity index (χ3n) is 1.70. The smallest absolute Gasteiger partial charge is 0.328 e. The minimum atomic E-state index is -1.26. The minimum absolute atomic E-state index is 0.208. The van der Waals surface area contributed by atoms with Crippen molar-refractivity contribution in [1.29, 1.82) is 0 Å². The van der Waals surface area contributed by atoms with Crippen LogP contribution < -0.4 is 0 Å². The van der Waals surface area contributed by atoms with Crippen molar-refractivity contribution < 1.29 is 24.6 Å². The van der Waals surface area contributed by atoms with Crippen LogP contribution in [0.2, 0.25) is 0 Å². The van der Waals surface area contributed by atoms with Gasteiger partial charge in [-0.15, -0.1) is 0 Å². The van der Waals surface area contributed by atoms with Crippen molar-refractivity contribution in [2.45, 2.75) is 12.8 Å². The monoisotopic (exact) mass is 227 g/mol. The number of carbonyl (C=O) groups is 3. The Bertz CT molecular complexity index is 305. The largest absolute Gasteiger partial charge is 0.478 e. The fourth-order valence-electron chi connectivity index (χ4n) is 1.00. The molecule has 1 amide bonds. The second-order valence-corrected chi connectivity index (χ2v) is 2.88. The van der Waals surface area contributed by atoms with Crippen molar-refractivity contribution in [1.82, 2.24) is 4.90 Å². The van der Waals surface area contributed by atoms with Gasteiger partial charge >= 0.3 is 11.9 Å². The molecule has 0 spiro atoms. The molecular weight excluding hydrogens is 214 g/mol. The van der Waals surface area contributed by atoms with Crippen molar-refractivity contribution in [3.05, 3.63) is 24.9 Å². The van der Waals surface area contributed by atoms with Gasteiger partial charge in [-0.2, -0.15) is 0 Å². The first kappa shape index (κ1) is 13.9. The number of amides is 1. The third-order valence-corrected chi connectivity index (χ3v) is 1.70. The standard InChI is InChI=1S/C6H9NO.C4H4O4/c1-2-7-5-3-4-6(7)8;5-3(6)1-2-4(7)8/h2H,1,3-5H2;1-2H,(H,5,6)(H,7,8). The van der Waals surface area contributed by atoms with Gasteiger partial charge in [-0.1, -0.05) is 6.58 Å². The zero-order chi connectivity index (χ0) is 12.6. The molecule has 0 atom stereocenters. The Labute approximate surface area is 92.5 Å². The van der Waals surface area contributed by atoms with Crippen molar-refractivity contribution >= 4 is 17.8 Å². The molecule has 0 unspecified atom stereocenters. The SMILES string of the molecule is C=CN1CCCC1=O.O=C(O)C=CC(=O)O. The first-order valence-electron chi connectivity index (χ1n) is 4.53. The van der Waals surface area contributed by atoms with Crippen LogP contribution in [0, 0.1) is 0 Å². The van der Waals surface area contributed by atoms with Crippen molar-refractivity contribution in [3.63, 3.8) is 0 Å². The van der Waals surface area contributed by atoms with Crippen LogP contribution in [-0.4, -0.2) is 39.5 Å². The van der Waals surface area contributed by atoms with Gasteiger partial charge in [0, 0.05) is 25.1 Å². The summed E-state index contributed by atoms with van der Waals surface area (Å²) in [6, 6.07) is 0.